The topological polar surface area (TPSA) is 81.5 Å². The fourth-order valence-electron chi connectivity index (χ4n) is 4.65. The summed E-state index contributed by atoms with van der Waals surface area (Å²) in [6.07, 6.45) is 4.14. The van der Waals surface area contributed by atoms with E-state index in [1.54, 1.807) is 4.68 Å². The van der Waals surface area contributed by atoms with E-state index >= 15 is 0 Å². The second-order valence-electron chi connectivity index (χ2n) is 9.19. The number of carbonyl (C=O) groups is 1. The van der Waals surface area contributed by atoms with E-state index < -0.39 is 0 Å². The number of ether oxygens (including phenoxy) is 2. The van der Waals surface area contributed by atoms with Crippen molar-refractivity contribution < 1.29 is 14.3 Å². The summed E-state index contributed by atoms with van der Waals surface area (Å²) in [5.41, 5.74) is 2.97. The summed E-state index contributed by atoms with van der Waals surface area (Å²) in [7, 11) is 0. The zero-order chi connectivity index (χ0) is 23.3. The molecule has 1 amide bonds. The van der Waals surface area contributed by atoms with Crippen molar-refractivity contribution in [2.24, 2.45) is 0 Å². The number of piperidine rings is 1. The number of amides is 1. The number of nitrogens with zero attached hydrogens (tertiary/aromatic N) is 4. The molecule has 8 rings (SSSR count). The fourth-order valence-corrected chi connectivity index (χ4v) is 4.65. The number of rotatable bonds is 0. The van der Waals surface area contributed by atoms with Crippen LogP contribution in [0, 0.1) is 0 Å². The van der Waals surface area contributed by atoms with Crippen LogP contribution >= 0.6 is 0 Å². The summed E-state index contributed by atoms with van der Waals surface area (Å²) in [4.78, 5) is 15.2. The van der Waals surface area contributed by atoms with Gasteiger partial charge in [0.2, 0.25) is 5.91 Å². The molecule has 8 nitrogen and oxygen atoms in total. The third kappa shape index (κ3) is 5.75. The predicted octanol–water partition coefficient (Wildman–Crippen LogP) is 2.96. The zero-order valence-electron chi connectivity index (χ0n) is 19.5. The molecule has 34 heavy (non-hydrogen) atoms. The van der Waals surface area contributed by atoms with Gasteiger partial charge in [0, 0.05) is 25.2 Å². The van der Waals surface area contributed by atoms with Crippen LogP contribution in [0.15, 0.2) is 54.7 Å². The minimum absolute atomic E-state index is 0.0620. The Bertz CT molecular complexity index is 1110. The van der Waals surface area contributed by atoms with Gasteiger partial charge in [-0.3, -0.25) is 9.69 Å². The van der Waals surface area contributed by atoms with E-state index in [-0.39, 0.29) is 11.9 Å². The number of hydrogen-bond acceptors (Lipinski definition) is 6. The van der Waals surface area contributed by atoms with Gasteiger partial charge in [0.1, 0.15) is 30.4 Å². The molecule has 3 aromatic rings. The highest BCUT2D eigenvalue weighted by molar-refractivity contribution is 5.79. The van der Waals surface area contributed by atoms with E-state index in [0.29, 0.717) is 32.2 Å². The molecule has 1 aromatic heterocycles. The Kier molecular flexibility index (Phi) is 6.76. The van der Waals surface area contributed by atoms with Crippen molar-refractivity contribution in [1.29, 1.82) is 0 Å². The summed E-state index contributed by atoms with van der Waals surface area (Å²) in [6, 6.07) is 16.6. The zero-order valence-corrected chi connectivity index (χ0v) is 19.5. The Morgan fingerprint density at radius 2 is 1.91 bits per heavy atom. The van der Waals surface area contributed by atoms with Crippen LogP contribution in [0.25, 0.3) is 0 Å². The molecule has 1 unspecified atom stereocenters. The van der Waals surface area contributed by atoms with Crippen molar-refractivity contribution >= 4 is 5.91 Å². The quantitative estimate of drug-likeness (QED) is 0.554. The lowest BCUT2D eigenvalue weighted by atomic mass is 9.97. The SMILES string of the molecule is C[C@@H]1C[C@@H]2CCN1Cc1ccc(cc1)OCc1cn(nn1)CCOc1cccc(c1)CC(=O)N2. The summed E-state index contributed by atoms with van der Waals surface area (Å²) in [5, 5.41) is 11.6. The van der Waals surface area contributed by atoms with Crippen LogP contribution in [0.1, 0.15) is 36.6 Å². The maximum absolute atomic E-state index is 12.7. The summed E-state index contributed by atoms with van der Waals surface area (Å²) in [6.45, 7) is 5.49. The van der Waals surface area contributed by atoms with E-state index in [0.717, 1.165) is 48.7 Å². The Morgan fingerprint density at radius 1 is 1.03 bits per heavy atom. The Morgan fingerprint density at radius 3 is 2.76 bits per heavy atom. The van der Waals surface area contributed by atoms with Gasteiger partial charge in [-0.15, -0.1) is 5.10 Å². The number of hydrogen-bond donors (Lipinski definition) is 1. The number of aromatic nitrogens is 3. The normalized spacial score (nSPS) is 23.6. The smallest absolute Gasteiger partial charge is 0.224 e. The first-order valence-corrected chi connectivity index (χ1v) is 12.0. The highest BCUT2D eigenvalue weighted by Gasteiger charge is 2.26. The molecule has 1 fully saturated rings. The molecule has 8 bridgehead atoms. The lowest BCUT2D eigenvalue weighted by Crippen LogP contribution is -2.48. The van der Waals surface area contributed by atoms with E-state index in [9.17, 15) is 4.79 Å². The molecule has 178 valence electrons. The molecule has 6 heterocycles. The van der Waals surface area contributed by atoms with Gasteiger partial charge in [-0.05, 0) is 55.2 Å². The lowest BCUT2D eigenvalue weighted by molar-refractivity contribution is -0.121. The maximum Gasteiger partial charge on any atom is 0.224 e. The Balaban J connectivity index is 1.32. The second-order valence-corrected chi connectivity index (χ2v) is 9.19. The van der Waals surface area contributed by atoms with Gasteiger partial charge < -0.3 is 14.8 Å². The molecule has 0 radical (unpaired) electrons. The first kappa shape index (κ1) is 22.4. The Hall–Kier alpha value is -3.39. The largest absolute Gasteiger partial charge is 0.492 e. The van der Waals surface area contributed by atoms with Crippen molar-refractivity contribution in [1.82, 2.24) is 25.2 Å². The first-order chi connectivity index (χ1) is 16.6. The molecule has 5 aliphatic heterocycles. The van der Waals surface area contributed by atoms with Crippen molar-refractivity contribution in [3.8, 4) is 11.5 Å². The van der Waals surface area contributed by atoms with Gasteiger partial charge in [0.05, 0.1) is 19.2 Å². The third-order valence-corrected chi connectivity index (χ3v) is 6.51. The summed E-state index contributed by atoms with van der Waals surface area (Å²) >= 11 is 0. The number of benzene rings is 2. The predicted molar refractivity (Wildman–Crippen MR) is 127 cm³/mol. The fraction of sp³-hybridized carbons (Fsp3) is 0.423. The number of nitrogens with one attached hydrogen (secondary N) is 1. The van der Waals surface area contributed by atoms with Crippen LogP contribution in [-0.4, -0.2) is 51.0 Å². The molecule has 8 heteroatoms. The molecule has 2 aromatic carbocycles. The standard InChI is InChI=1S/C26H31N5O3/c1-19-13-22-9-10-30(19)16-20-5-7-24(8-6-20)34-18-23-17-31(29-28-23)11-12-33-25-4-2-3-21(14-25)15-26(32)27-22/h2-8,14,17,19,22H,9-13,15-16,18H2,1H3,(H,27,32)/t19-,22+/m1/s1. The molecule has 0 aliphatic carbocycles. The van der Waals surface area contributed by atoms with Gasteiger partial charge in [0.15, 0.2) is 0 Å². The van der Waals surface area contributed by atoms with E-state index in [4.69, 9.17) is 9.47 Å². The minimum atomic E-state index is 0.0620. The van der Waals surface area contributed by atoms with Crippen LogP contribution in [0.4, 0.5) is 0 Å². The van der Waals surface area contributed by atoms with Gasteiger partial charge >= 0.3 is 0 Å². The van der Waals surface area contributed by atoms with E-state index in [2.05, 4.69) is 39.6 Å². The lowest BCUT2D eigenvalue weighted by Gasteiger charge is -2.38. The molecule has 0 spiro atoms. The highest BCUT2D eigenvalue weighted by atomic mass is 16.5. The average Bonchev–Trinajstić information content (AvgIpc) is 3.28. The van der Waals surface area contributed by atoms with E-state index in [1.807, 2.05) is 42.6 Å². The van der Waals surface area contributed by atoms with Gasteiger partial charge in [-0.1, -0.05) is 29.5 Å². The monoisotopic (exact) mass is 461 g/mol. The molecule has 1 N–H and O–H groups in total. The van der Waals surface area contributed by atoms with Crippen molar-refractivity contribution in [3.63, 3.8) is 0 Å². The summed E-state index contributed by atoms with van der Waals surface area (Å²) in [5.74, 6) is 1.62. The molecule has 1 saturated heterocycles. The second kappa shape index (κ2) is 10.3. The van der Waals surface area contributed by atoms with Crippen LogP contribution in [0.5, 0.6) is 11.5 Å². The van der Waals surface area contributed by atoms with Gasteiger partial charge in [-0.25, -0.2) is 4.68 Å². The molecule has 3 atom stereocenters. The van der Waals surface area contributed by atoms with E-state index in [1.165, 1.54) is 5.56 Å². The molecule has 0 saturated carbocycles. The Labute approximate surface area is 199 Å². The van der Waals surface area contributed by atoms with Crippen LogP contribution in [-0.2, 0) is 30.9 Å². The highest BCUT2D eigenvalue weighted by Crippen LogP contribution is 2.22. The third-order valence-electron chi connectivity index (χ3n) is 6.51. The molecular weight excluding hydrogens is 430 g/mol. The maximum atomic E-state index is 12.7. The van der Waals surface area contributed by atoms with Crippen molar-refractivity contribution in [2.75, 3.05) is 13.2 Å². The van der Waals surface area contributed by atoms with Crippen LogP contribution < -0.4 is 14.8 Å². The van der Waals surface area contributed by atoms with Crippen molar-refractivity contribution in [3.05, 3.63) is 71.5 Å². The average molecular weight is 462 g/mol. The minimum Gasteiger partial charge on any atom is -0.492 e. The number of carbonyl (C=O) groups excluding carboxylic acids is 1. The van der Waals surface area contributed by atoms with Crippen LogP contribution in [0.2, 0.25) is 0 Å². The van der Waals surface area contributed by atoms with Crippen molar-refractivity contribution in [2.45, 2.75) is 58.0 Å². The van der Waals surface area contributed by atoms with Gasteiger partial charge in [0.25, 0.3) is 0 Å². The first-order valence-electron chi connectivity index (χ1n) is 12.0. The molecular formula is C26H31N5O3. The summed E-state index contributed by atoms with van der Waals surface area (Å²) < 4.78 is 13.5. The van der Waals surface area contributed by atoms with Crippen LogP contribution in [0.3, 0.4) is 0 Å². The van der Waals surface area contributed by atoms with Gasteiger partial charge in [-0.2, -0.15) is 0 Å². The molecule has 5 aliphatic rings.